The summed E-state index contributed by atoms with van der Waals surface area (Å²) in [6.45, 7) is 0. The van der Waals surface area contributed by atoms with Gasteiger partial charge in [-0.05, 0) is 41.8 Å². The molecular weight excluding hydrogens is 298 g/mol. The van der Waals surface area contributed by atoms with Crippen LogP contribution in [0, 0.1) is 0 Å². The number of pyridine rings is 1. The predicted molar refractivity (Wildman–Crippen MR) is 84.4 cm³/mol. The molecule has 2 heterocycles. The Morgan fingerprint density at radius 2 is 1.82 bits per heavy atom. The molecule has 0 N–H and O–H groups in total. The summed E-state index contributed by atoms with van der Waals surface area (Å²) in [6, 6.07) is 16.1. The van der Waals surface area contributed by atoms with Gasteiger partial charge in [0.25, 0.3) is 0 Å². The van der Waals surface area contributed by atoms with E-state index in [4.69, 9.17) is 9.47 Å². The van der Waals surface area contributed by atoms with Crippen LogP contribution in [0.15, 0.2) is 66.2 Å². The Bertz CT molecular complexity index is 724. The van der Waals surface area contributed by atoms with E-state index in [2.05, 4.69) is 4.98 Å². The molecule has 0 fully saturated rings. The minimum Gasteiger partial charge on any atom is -0.439 e. The normalized spacial score (nSPS) is 10.2. The summed E-state index contributed by atoms with van der Waals surface area (Å²) >= 11 is 1.54. The highest BCUT2D eigenvalue weighted by molar-refractivity contribution is 7.10. The Hall–Kier alpha value is -2.66. The molecule has 1 aromatic carbocycles. The van der Waals surface area contributed by atoms with E-state index in [0.29, 0.717) is 17.4 Å². The fraction of sp³-hybridized carbons (Fsp3) is 0.0588. The van der Waals surface area contributed by atoms with Crippen molar-refractivity contribution < 1.29 is 14.3 Å². The number of benzene rings is 1. The maximum Gasteiger partial charge on any atom is 0.316 e. The Labute approximate surface area is 132 Å². The van der Waals surface area contributed by atoms with Crippen molar-refractivity contribution in [3.63, 3.8) is 0 Å². The van der Waals surface area contributed by atoms with Crippen LogP contribution in [0.5, 0.6) is 17.4 Å². The van der Waals surface area contributed by atoms with Crippen molar-refractivity contribution in [3.05, 3.63) is 71.1 Å². The molecule has 3 rings (SSSR count). The van der Waals surface area contributed by atoms with Crippen LogP contribution in [0.25, 0.3) is 0 Å². The molecule has 110 valence electrons. The van der Waals surface area contributed by atoms with E-state index in [0.717, 1.165) is 4.88 Å². The van der Waals surface area contributed by atoms with Gasteiger partial charge in [0.1, 0.15) is 11.5 Å². The van der Waals surface area contributed by atoms with Gasteiger partial charge in [0.2, 0.25) is 5.88 Å². The predicted octanol–water partition coefficient (Wildman–Crippen LogP) is 4.08. The van der Waals surface area contributed by atoms with Crippen molar-refractivity contribution in [2.75, 3.05) is 0 Å². The van der Waals surface area contributed by atoms with Crippen LogP contribution in [0.2, 0.25) is 0 Å². The zero-order valence-corrected chi connectivity index (χ0v) is 12.5. The van der Waals surface area contributed by atoms with Gasteiger partial charge >= 0.3 is 5.97 Å². The monoisotopic (exact) mass is 311 g/mol. The van der Waals surface area contributed by atoms with Gasteiger partial charge in [-0.2, -0.15) is 0 Å². The molecule has 5 heteroatoms. The van der Waals surface area contributed by atoms with Crippen molar-refractivity contribution in [2.45, 2.75) is 6.42 Å². The van der Waals surface area contributed by atoms with Gasteiger partial charge in [-0.3, -0.25) is 4.79 Å². The van der Waals surface area contributed by atoms with E-state index in [1.54, 1.807) is 36.5 Å². The maximum absolute atomic E-state index is 11.8. The van der Waals surface area contributed by atoms with Crippen LogP contribution in [0.1, 0.15) is 4.88 Å². The second kappa shape index (κ2) is 6.87. The maximum atomic E-state index is 11.8. The lowest BCUT2D eigenvalue weighted by atomic mass is 10.3. The topological polar surface area (TPSA) is 48.4 Å². The van der Waals surface area contributed by atoms with Crippen LogP contribution >= 0.6 is 11.3 Å². The Morgan fingerprint density at radius 3 is 2.50 bits per heavy atom. The van der Waals surface area contributed by atoms with Gasteiger partial charge in [0.05, 0.1) is 6.42 Å². The molecule has 0 atom stereocenters. The van der Waals surface area contributed by atoms with Crippen LogP contribution in [0.3, 0.4) is 0 Å². The number of rotatable bonds is 5. The van der Waals surface area contributed by atoms with E-state index >= 15 is 0 Å². The third-order valence-corrected chi connectivity index (χ3v) is 3.69. The van der Waals surface area contributed by atoms with Crippen molar-refractivity contribution in [1.29, 1.82) is 0 Å². The van der Waals surface area contributed by atoms with E-state index < -0.39 is 0 Å². The van der Waals surface area contributed by atoms with Gasteiger partial charge in [0.15, 0.2) is 0 Å². The summed E-state index contributed by atoms with van der Waals surface area (Å²) in [5, 5.41) is 1.94. The van der Waals surface area contributed by atoms with E-state index in [9.17, 15) is 4.79 Å². The molecule has 0 aliphatic heterocycles. The molecular formula is C17H13NO3S. The standard InChI is InChI=1S/C17H13NO3S/c19-17(12-15-4-3-11-22-15)21-14-8-6-13(7-9-14)20-16-5-1-2-10-18-16/h1-11H,12H2. The lowest BCUT2D eigenvalue weighted by molar-refractivity contribution is -0.133. The van der Waals surface area contributed by atoms with Crippen molar-refractivity contribution in [2.24, 2.45) is 0 Å². The Morgan fingerprint density at radius 1 is 1.00 bits per heavy atom. The molecule has 0 spiro atoms. The molecule has 0 aliphatic rings. The van der Waals surface area contributed by atoms with Crippen molar-refractivity contribution in [3.8, 4) is 17.4 Å². The van der Waals surface area contributed by atoms with Gasteiger partial charge in [-0.1, -0.05) is 12.1 Å². The average Bonchev–Trinajstić information content (AvgIpc) is 3.03. The number of thiophene rings is 1. The number of ether oxygens (including phenoxy) is 2. The van der Waals surface area contributed by atoms with Crippen molar-refractivity contribution >= 4 is 17.3 Å². The second-order valence-electron chi connectivity index (χ2n) is 4.47. The first-order chi connectivity index (χ1) is 10.8. The molecule has 4 nitrogen and oxygen atoms in total. The van der Waals surface area contributed by atoms with Crippen LogP contribution < -0.4 is 9.47 Å². The fourth-order valence-corrected chi connectivity index (χ4v) is 2.52. The molecule has 0 saturated carbocycles. The minimum atomic E-state index is -0.277. The lowest BCUT2D eigenvalue weighted by Gasteiger charge is -2.06. The Kier molecular flexibility index (Phi) is 4.46. The summed E-state index contributed by atoms with van der Waals surface area (Å²) in [5.74, 6) is 1.37. The molecule has 0 aliphatic carbocycles. The molecule has 0 bridgehead atoms. The number of nitrogens with zero attached hydrogens (tertiary/aromatic N) is 1. The first kappa shape index (κ1) is 14.3. The summed E-state index contributed by atoms with van der Waals surface area (Å²) in [6.07, 6.45) is 1.94. The lowest BCUT2D eigenvalue weighted by Crippen LogP contribution is -2.10. The Balaban J connectivity index is 1.58. The fourth-order valence-electron chi connectivity index (χ4n) is 1.83. The van der Waals surface area contributed by atoms with Gasteiger partial charge in [0, 0.05) is 17.1 Å². The summed E-state index contributed by atoms with van der Waals surface area (Å²) in [4.78, 5) is 16.9. The van der Waals surface area contributed by atoms with Gasteiger partial charge < -0.3 is 9.47 Å². The summed E-state index contributed by atoms with van der Waals surface area (Å²) in [7, 11) is 0. The highest BCUT2D eigenvalue weighted by Crippen LogP contribution is 2.22. The number of hydrogen-bond donors (Lipinski definition) is 0. The number of esters is 1. The number of carbonyl (C=O) groups is 1. The van der Waals surface area contributed by atoms with E-state index in [1.807, 2.05) is 29.6 Å². The quantitative estimate of drug-likeness (QED) is 0.526. The van der Waals surface area contributed by atoms with Gasteiger partial charge in [-0.15, -0.1) is 11.3 Å². The first-order valence-corrected chi connectivity index (χ1v) is 7.59. The molecule has 22 heavy (non-hydrogen) atoms. The molecule has 0 radical (unpaired) electrons. The second-order valence-corrected chi connectivity index (χ2v) is 5.50. The average molecular weight is 311 g/mol. The van der Waals surface area contributed by atoms with E-state index in [-0.39, 0.29) is 12.4 Å². The van der Waals surface area contributed by atoms with Crippen LogP contribution in [0.4, 0.5) is 0 Å². The number of carbonyl (C=O) groups excluding carboxylic acids is 1. The summed E-state index contributed by atoms with van der Waals surface area (Å²) in [5.41, 5.74) is 0. The zero-order valence-electron chi connectivity index (χ0n) is 11.6. The summed E-state index contributed by atoms with van der Waals surface area (Å²) < 4.78 is 10.9. The largest absolute Gasteiger partial charge is 0.439 e. The highest BCUT2D eigenvalue weighted by atomic mass is 32.1. The zero-order chi connectivity index (χ0) is 15.2. The van der Waals surface area contributed by atoms with Crippen molar-refractivity contribution in [1.82, 2.24) is 4.98 Å². The molecule has 0 unspecified atom stereocenters. The number of hydrogen-bond acceptors (Lipinski definition) is 5. The highest BCUT2D eigenvalue weighted by Gasteiger charge is 2.07. The molecule has 0 saturated heterocycles. The van der Waals surface area contributed by atoms with Crippen LogP contribution in [-0.2, 0) is 11.2 Å². The molecule has 2 aromatic heterocycles. The third kappa shape index (κ3) is 3.93. The third-order valence-electron chi connectivity index (χ3n) is 2.81. The molecule has 3 aromatic rings. The smallest absolute Gasteiger partial charge is 0.316 e. The SMILES string of the molecule is O=C(Cc1cccs1)Oc1ccc(Oc2ccccn2)cc1. The molecule has 0 amide bonds. The minimum absolute atomic E-state index is 0.277. The number of aromatic nitrogens is 1. The van der Waals surface area contributed by atoms with E-state index in [1.165, 1.54) is 11.3 Å². The van der Waals surface area contributed by atoms with Crippen LogP contribution in [-0.4, -0.2) is 11.0 Å². The first-order valence-electron chi connectivity index (χ1n) is 6.71. The van der Waals surface area contributed by atoms with Gasteiger partial charge in [-0.25, -0.2) is 4.98 Å².